The molecule has 1 unspecified atom stereocenters. The van der Waals surface area contributed by atoms with Gasteiger partial charge in [-0.1, -0.05) is 18.5 Å². The lowest BCUT2D eigenvalue weighted by molar-refractivity contribution is 0.417. The van der Waals surface area contributed by atoms with E-state index in [4.69, 9.17) is 11.6 Å². The number of hydrogen-bond acceptors (Lipinski definition) is 2. The first kappa shape index (κ1) is 11.4. The highest BCUT2D eigenvalue weighted by atomic mass is 35.5. The minimum Gasteiger partial charge on any atom is -0.309 e. The second kappa shape index (κ2) is 4.44. The van der Waals surface area contributed by atoms with Crippen molar-refractivity contribution in [3.63, 3.8) is 0 Å². The van der Waals surface area contributed by atoms with Crippen LogP contribution >= 0.6 is 22.9 Å². The highest BCUT2D eigenvalue weighted by Gasteiger charge is 2.40. The van der Waals surface area contributed by atoms with Crippen LogP contribution in [0.4, 0.5) is 0 Å². The zero-order valence-corrected chi connectivity index (χ0v) is 10.9. The van der Waals surface area contributed by atoms with Gasteiger partial charge in [-0.2, -0.15) is 0 Å². The van der Waals surface area contributed by atoms with E-state index >= 15 is 0 Å². The van der Waals surface area contributed by atoms with Crippen LogP contribution in [0.5, 0.6) is 0 Å². The zero-order chi connectivity index (χ0) is 10.9. The molecule has 0 aromatic carbocycles. The van der Waals surface area contributed by atoms with Gasteiger partial charge in [0.2, 0.25) is 0 Å². The molecule has 2 rings (SSSR count). The van der Waals surface area contributed by atoms with Gasteiger partial charge >= 0.3 is 0 Å². The summed E-state index contributed by atoms with van der Waals surface area (Å²) >= 11 is 7.60. The van der Waals surface area contributed by atoms with Gasteiger partial charge < -0.3 is 5.32 Å². The van der Waals surface area contributed by atoms with E-state index in [1.165, 1.54) is 24.1 Å². The molecule has 0 bridgehead atoms. The lowest BCUT2D eigenvalue weighted by Gasteiger charge is -2.17. The van der Waals surface area contributed by atoms with Crippen molar-refractivity contribution in [1.29, 1.82) is 0 Å². The van der Waals surface area contributed by atoms with Crippen LogP contribution in [-0.4, -0.2) is 6.54 Å². The highest BCUT2D eigenvalue weighted by molar-refractivity contribution is 7.16. The summed E-state index contributed by atoms with van der Waals surface area (Å²) in [6.07, 6.45) is 4.10. The van der Waals surface area contributed by atoms with E-state index in [1.807, 2.05) is 6.07 Å². The third-order valence-corrected chi connectivity index (χ3v) is 4.92. The molecule has 1 heterocycles. The van der Waals surface area contributed by atoms with Crippen molar-refractivity contribution < 1.29 is 0 Å². The molecule has 0 saturated heterocycles. The molecule has 1 fully saturated rings. The summed E-state index contributed by atoms with van der Waals surface area (Å²) in [4.78, 5) is 1.34. The van der Waals surface area contributed by atoms with E-state index in [-0.39, 0.29) is 0 Å². The van der Waals surface area contributed by atoms with Gasteiger partial charge in [0.1, 0.15) is 0 Å². The maximum Gasteiger partial charge on any atom is 0.0931 e. The maximum absolute atomic E-state index is 5.92. The Morgan fingerprint density at radius 2 is 2.27 bits per heavy atom. The van der Waals surface area contributed by atoms with Crippen LogP contribution in [0.3, 0.4) is 0 Å². The van der Waals surface area contributed by atoms with Crippen LogP contribution in [0, 0.1) is 5.41 Å². The Kier molecular flexibility index (Phi) is 3.39. The monoisotopic (exact) mass is 243 g/mol. The quantitative estimate of drug-likeness (QED) is 0.816. The van der Waals surface area contributed by atoms with Crippen molar-refractivity contribution in [3.8, 4) is 0 Å². The molecule has 1 aliphatic rings. The molecule has 1 aromatic rings. The Hall–Kier alpha value is -0.0500. The molecule has 0 aliphatic heterocycles. The molecular weight excluding hydrogens is 226 g/mol. The molecule has 3 heteroatoms. The third kappa shape index (κ3) is 2.74. The van der Waals surface area contributed by atoms with E-state index in [1.54, 1.807) is 11.3 Å². The number of halogens is 1. The Balaban J connectivity index is 1.85. The number of hydrogen-bond donors (Lipinski definition) is 1. The van der Waals surface area contributed by atoms with Crippen LogP contribution < -0.4 is 5.32 Å². The summed E-state index contributed by atoms with van der Waals surface area (Å²) in [5, 5.41) is 3.62. The van der Waals surface area contributed by atoms with Gasteiger partial charge in [0.15, 0.2) is 0 Å². The number of rotatable bonds is 5. The molecule has 1 N–H and O–H groups in total. The Bertz CT molecular complexity index is 330. The molecule has 1 aromatic heterocycles. The lowest BCUT2D eigenvalue weighted by Crippen LogP contribution is -2.25. The van der Waals surface area contributed by atoms with Crippen LogP contribution in [-0.2, 0) is 0 Å². The first-order valence-electron chi connectivity index (χ1n) is 5.64. The molecule has 0 amide bonds. The number of nitrogens with one attached hydrogen (secondary N) is 1. The van der Waals surface area contributed by atoms with Crippen LogP contribution in [0.1, 0.15) is 44.0 Å². The normalized spacial score (nSPS) is 20.2. The molecule has 1 saturated carbocycles. The summed E-state index contributed by atoms with van der Waals surface area (Å²) in [7, 11) is 0. The maximum atomic E-state index is 5.92. The van der Waals surface area contributed by atoms with E-state index in [2.05, 4.69) is 25.2 Å². The molecule has 0 spiro atoms. The predicted molar refractivity (Wildman–Crippen MR) is 67.7 cm³/mol. The van der Waals surface area contributed by atoms with Gasteiger partial charge in [-0.25, -0.2) is 0 Å². The fourth-order valence-corrected chi connectivity index (χ4v) is 2.95. The molecule has 1 aliphatic carbocycles. The topological polar surface area (TPSA) is 12.0 Å². The summed E-state index contributed by atoms with van der Waals surface area (Å²) in [5.74, 6) is 0. The van der Waals surface area contributed by atoms with Crippen molar-refractivity contribution >= 4 is 22.9 Å². The van der Waals surface area contributed by atoms with Crippen LogP contribution in [0.15, 0.2) is 12.1 Å². The van der Waals surface area contributed by atoms with Gasteiger partial charge in [-0.05, 0) is 43.7 Å². The van der Waals surface area contributed by atoms with Crippen molar-refractivity contribution in [3.05, 3.63) is 21.3 Å². The second-order valence-corrected chi connectivity index (χ2v) is 6.34. The largest absolute Gasteiger partial charge is 0.309 e. The molecule has 84 valence electrons. The number of thiophene rings is 1. The molecular formula is C12H18ClNS. The van der Waals surface area contributed by atoms with E-state index in [0.29, 0.717) is 11.5 Å². The standard InChI is InChI=1S/C12H18ClNS/c1-3-12(6-7-12)8-14-9(2)10-4-5-11(13)15-10/h4-5,9,14H,3,6-8H2,1-2H3. The van der Waals surface area contributed by atoms with E-state index < -0.39 is 0 Å². The fraction of sp³-hybridized carbons (Fsp3) is 0.667. The smallest absolute Gasteiger partial charge is 0.0931 e. The van der Waals surface area contributed by atoms with Crippen molar-refractivity contribution in [2.75, 3.05) is 6.54 Å². The van der Waals surface area contributed by atoms with E-state index in [0.717, 1.165) is 10.9 Å². The van der Waals surface area contributed by atoms with Crippen LogP contribution in [0.2, 0.25) is 4.34 Å². The molecule has 15 heavy (non-hydrogen) atoms. The average molecular weight is 244 g/mol. The second-order valence-electron chi connectivity index (χ2n) is 4.60. The summed E-state index contributed by atoms with van der Waals surface area (Å²) in [6, 6.07) is 4.54. The Labute approximate surface area is 101 Å². The Morgan fingerprint density at radius 3 is 2.73 bits per heavy atom. The highest BCUT2D eigenvalue weighted by Crippen LogP contribution is 2.48. The SMILES string of the molecule is CCC1(CNC(C)c2ccc(Cl)s2)CC1. The fourth-order valence-electron chi connectivity index (χ4n) is 1.86. The first-order valence-corrected chi connectivity index (χ1v) is 6.83. The molecule has 1 atom stereocenters. The average Bonchev–Trinajstić information content (AvgIpc) is 2.90. The third-order valence-electron chi connectivity index (χ3n) is 3.51. The van der Waals surface area contributed by atoms with Crippen molar-refractivity contribution in [2.45, 2.75) is 39.2 Å². The summed E-state index contributed by atoms with van der Waals surface area (Å²) in [6.45, 7) is 5.66. The minimum absolute atomic E-state index is 0.437. The zero-order valence-electron chi connectivity index (χ0n) is 9.35. The van der Waals surface area contributed by atoms with E-state index in [9.17, 15) is 0 Å². The molecule has 1 nitrogen and oxygen atoms in total. The van der Waals surface area contributed by atoms with Gasteiger partial charge in [-0.3, -0.25) is 0 Å². The van der Waals surface area contributed by atoms with Gasteiger partial charge in [0.05, 0.1) is 4.34 Å². The lowest BCUT2D eigenvalue weighted by atomic mass is 10.0. The van der Waals surface area contributed by atoms with Gasteiger partial charge in [-0.15, -0.1) is 11.3 Å². The minimum atomic E-state index is 0.437. The predicted octanol–water partition coefficient (Wildman–Crippen LogP) is 4.24. The summed E-state index contributed by atoms with van der Waals surface area (Å²) in [5.41, 5.74) is 0.620. The van der Waals surface area contributed by atoms with Crippen molar-refractivity contribution in [1.82, 2.24) is 5.32 Å². The first-order chi connectivity index (χ1) is 7.15. The van der Waals surface area contributed by atoms with Gasteiger partial charge in [0.25, 0.3) is 0 Å². The molecule has 0 radical (unpaired) electrons. The van der Waals surface area contributed by atoms with Gasteiger partial charge in [0, 0.05) is 17.5 Å². The van der Waals surface area contributed by atoms with Crippen LogP contribution in [0.25, 0.3) is 0 Å². The summed E-state index contributed by atoms with van der Waals surface area (Å²) < 4.78 is 0.885. The van der Waals surface area contributed by atoms with Crippen molar-refractivity contribution in [2.24, 2.45) is 5.41 Å². The Morgan fingerprint density at radius 1 is 1.53 bits per heavy atom.